The molecule has 0 spiro atoms. The molecule has 106 valence electrons. The average molecular weight is 272 g/mol. The predicted molar refractivity (Wildman–Crippen MR) is 78.3 cm³/mol. The van der Waals surface area contributed by atoms with Crippen molar-refractivity contribution in [1.82, 2.24) is 10.6 Å². The molecule has 0 bridgehead atoms. The maximum absolute atomic E-state index is 11.9. The molecule has 0 aliphatic heterocycles. The molecule has 1 aromatic carbocycles. The summed E-state index contributed by atoms with van der Waals surface area (Å²) in [5, 5.41) is 6.13. The minimum atomic E-state index is -0.301. The molecule has 0 fully saturated rings. The highest BCUT2D eigenvalue weighted by atomic mass is 16.3. The Hall–Kier alpha value is -2.07. The Kier molecular flexibility index (Phi) is 4.96. The van der Waals surface area contributed by atoms with Crippen LogP contribution in [0.2, 0.25) is 0 Å². The van der Waals surface area contributed by atoms with Crippen molar-refractivity contribution in [2.24, 2.45) is 0 Å². The van der Waals surface area contributed by atoms with Crippen LogP contribution in [0.3, 0.4) is 0 Å². The van der Waals surface area contributed by atoms with E-state index in [2.05, 4.69) is 10.6 Å². The number of carbonyl (C=O) groups is 1. The van der Waals surface area contributed by atoms with Gasteiger partial charge in [0.1, 0.15) is 5.76 Å². The third-order valence-electron chi connectivity index (χ3n) is 3.12. The summed E-state index contributed by atoms with van der Waals surface area (Å²) in [6.07, 6.45) is 1.64. The number of carbonyl (C=O) groups excluding carboxylic acids is 1. The van der Waals surface area contributed by atoms with Gasteiger partial charge < -0.3 is 9.73 Å². The van der Waals surface area contributed by atoms with Crippen LogP contribution < -0.4 is 10.6 Å². The molecule has 0 saturated carbocycles. The van der Waals surface area contributed by atoms with E-state index in [1.165, 1.54) is 0 Å². The van der Waals surface area contributed by atoms with Crippen LogP contribution in [0.15, 0.2) is 53.1 Å². The fourth-order valence-corrected chi connectivity index (χ4v) is 2.10. The summed E-state index contributed by atoms with van der Waals surface area (Å²) in [5.41, 5.74) is 1.07. The quantitative estimate of drug-likeness (QED) is 0.849. The normalized spacial score (nSPS) is 13.7. The first-order valence-corrected chi connectivity index (χ1v) is 6.84. The molecule has 0 unspecified atom stereocenters. The largest absolute Gasteiger partial charge is 0.467 e. The van der Waals surface area contributed by atoms with Gasteiger partial charge in [-0.1, -0.05) is 30.3 Å². The fraction of sp³-hybridized carbons (Fsp3) is 0.312. The molecule has 2 rings (SSSR count). The van der Waals surface area contributed by atoms with Crippen molar-refractivity contribution in [3.63, 3.8) is 0 Å². The maximum Gasteiger partial charge on any atom is 0.236 e. The van der Waals surface area contributed by atoms with Gasteiger partial charge in [-0.25, -0.2) is 0 Å². The summed E-state index contributed by atoms with van der Waals surface area (Å²) in [4.78, 5) is 11.9. The third kappa shape index (κ3) is 3.48. The Balaban J connectivity index is 2.18. The zero-order valence-electron chi connectivity index (χ0n) is 11.8. The molecular weight excluding hydrogens is 252 g/mol. The smallest absolute Gasteiger partial charge is 0.236 e. The number of amides is 1. The van der Waals surface area contributed by atoms with Crippen LogP contribution in [0.1, 0.15) is 31.2 Å². The van der Waals surface area contributed by atoms with E-state index < -0.39 is 0 Å². The maximum atomic E-state index is 11.9. The van der Waals surface area contributed by atoms with Gasteiger partial charge in [0.05, 0.1) is 18.3 Å². The number of benzene rings is 1. The molecule has 1 heterocycles. The van der Waals surface area contributed by atoms with Crippen molar-refractivity contribution >= 4 is 5.91 Å². The van der Waals surface area contributed by atoms with Crippen molar-refractivity contribution in [2.45, 2.75) is 25.9 Å². The van der Waals surface area contributed by atoms with E-state index >= 15 is 0 Å². The molecule has 4 nitrogen and oxygen atoms in total. The number of hydrogen-bond donors (Lipinski definition) is 2. The summed E-state index contributed by atoms with van der Waals surface area (Å²) < 4.78 is 5.50. The molecule has 20 heavy (non-hydrogen) atoms. The van der Waals surface area contributed by atoms with Crippen molar-refractivity contribution in [2.75, 3.05) is 6.54 Å². The molecule has 2 aromatic rings. The van der Waals surface area contributed by atoms with Gasteiger partial charge in [0.2, 0.25) is 5.91 Å². The van der Waals surface area contributed by atoms with E-state index in [4.69, 9.17) is 4.42 Å². The van der Waals surface area contributed by atoms with Gasteiger partial charge in [0, 0.05) is 6.54 Å². The first-order chi connectivity index (χ1) is 9.72. The second kappa shape index (κ2) is 6.91. The lowest BCUT2D eigenvalue weighted by molar-refractivity contribution is -0.122. The van der Waals surface area contributed by atoms with Crippen LogP contribution in [-0.2, 0) is 4.79 Å². The van der Waals surface area contributed by atoms with Crippen LogP contribution in [-0.4, -0.2) is 18.5 Å². The number of rotatable bonds is 6. The Morgan fingerprint density at radius 3 is 2.55 bits per heavy atom. The monoisotopic (exact) mass is 272 g/mol. The summed E-state index contributed by atoms with van der Waals surface area (Å²) in [5.74, 6) is 0.785. The average Bonchev–Trinajstić information content (AvgIpc) is 2.99. The Morgan fingerprint density at radius 2 is 1.95 bits per heavy atom. The highest BCUT2D eigenvalue weighted by Crippen LogP contribution is 2.22. The highest BCUT2D eigenvalue weighted by molar-refractivity contribution is 5.81. The van der Waals surface area contributed by atoms with Crippen LogP contribution >= 0.6 is 0 Å². The van der Waals surface area contributed by atoms with Crippen LogP contribution in [0, 0.1) is 0 Å². The summed E-state index contributed by atoms with van der Waals surface area (Å²) >= 11 is 0. The van der Waals surface area contributed by atoms with Gasteiger partial charge in [-0.05, 0) is 31.5 Å². The molecular formula is C16H20N2O2. The summed E-state index contributed by atoms with van der Waals surface area (Å²) in [6, 6.07) is 13.3. The van der Waals surface area contributed by atoms with Crippen molar-refractivity contribution < 1.29 is 9.21 Å². The number of nitrogens with one attached hydrogen (secondary N) is 2. The Bertz CT molecular complexity index is 523. The Morgan fingerprint density at radius 1 is 1.20 bits per heavy atom. The van der Waals surface area contributed by atoms with Gasteiger partial charge in [-0.15, -0.1) is 0 Å². The van der Waals surface area contributed by atoms with E-state index in [9.17, 15) is 4.79 Å². The van der Waals surface area contributed by atoms with Crippen LogP contribution in [0.25, 0.3) is 0 Å². The van der Waals surface area contributed by atoms with E-state index in [1.54, 1.807) is 6.26 Å². The molecule has 2 N–H and O–H groups in total. The lowest BCUT2D eigenvalue weighted by atomic mass is 10.0. The SMILES string of the molecule is CCNC(=O)[C@H](C)N[C@H](c1ccccc1)c1ccco1. The number of furan rings is 1. The predicted octanol–water partition coefficient (Wildman–Crippen LogP) is 2.48. The van der Waals surface area contributed by atoms with Gasteiger partial charge in [0.25, 0.3) is 0 Å². The number of likely N-dealkylation sites (N-methyl/N-ethyl adjacent to an activating group) is 1. The molecule has 0 aliphatic rings. The molecule has 1 aromatic heterocycles. The fourth-order valence-electron chi connectivity index (χ4n) is 2.10. The van der Waals surface area contributed by atoms with E-state index in [-0.39, 0.29) is 18.0 Å². The molecule has 2 atom stereocenters. The molecule has 0 radical (unpaired) electrons. The second-order valence-corrected chi connectivity index (χ2v) is 4.64. The van der Waals surface area contributed by atoms with Gasteiger partial charge >= 0.3 is 0 Å². The molecule has 0 saturated heterocycles. The minimum Gasteiger partial charge on any atom is -0.467 e. The molecule has 0 aliphatic carbocycles. The molecule has 4 heteroatoms. The third-order valence-corrected chi connectivity index (χ3v) is 3.12. The lowest BCUT2D eigenvalue weighted by Gasteiger charge is -2.21. The topological polar surface area (TPSA) is 54.3 Å². The standard InChI is InChI=1S/C16H20N2O2/c1-3-17-16(19)12(2)18-15(14-10-7-11-20-14)13-8-5-4-6-9-13/h4-12,15,18H,3H2,1-2H3,(H,17,19)/t12-,15+/m0/s1. The van der Waals surface area contributed by atoms with E-state index in [0.29, 0.717) is 6.54 Å². The zero-order valence-corrected chi connectivity index (χ0v) is 11.8. The lowest BCUT2D eigenvalue weighted by Crippen LogP contribution is -2.43. The highest BCUT2D eigenvalue weighted by Gasteiger charge is 2.21. The summed E-state index contributed by atoms with van der Waals surface area (Å²) in [6.45, 7) is 4.39. The van der Waals surface area contributed by atoms with Crippen LogP contribution in [0.5, 0.6) is 0 Å². The number of hydrogen-bond acceptors (Lipinski definition) is 3. The van der Waals surface area contributed by atoms with Crippen LogP contribution in [0.4, 0.5) is 0 Å². The minimum absolute atomic E-state index is 0.0139. The summed E-state index contributed by atoms with van der Waals surface area (Å²) in [7, 11) is 0. The first-order valence-electron chi connectivity index (χ1n) is 6.84. The van der Waals surface area contributed by atoms with Crippen molar-refractivity contribution in [3.8, 4) is 0 Å². The molecule has 1 amide bonds. The Labute approximate surface area is 119 Å². The first kappa shape index (κ1) is 14.3. The van der Waals surface area contributed by atoms with Crippen molar-refractivity contribution in [1.29, 1.82) is 0 Å². The van der Waals surface area contributed by atoms with Gasteiger partial charge in [-0.3, -0.25) is 10.1 Å². The van der Waals surface area contributed by atoms with E-state index in [1.807, 2.05) is 56.3 Å². The van der Waals surface area contributed by atoms with Gasteiger partial charge in [-0.2, -0.15) is 0 Å². The zero-order chi connectivity index (χ0) is 14.4. The van der Waals surface area contributed by atoms with E-state index in [0.717, 1.165) is 11.3 Å². The second-order valence-electron chi connectivity index (χ2n) is 4.64. The van der Waals surface area contributed by atoms with Gasteiger partial charge in [0.15, 0.2) is 0 Å². The van der Waals surface area contributed by atoms with Crippen molar-refractivity contribution in [3.05, 3.63) is 60.1 Å².